The molecule has 4 heteroatoms. The molecule has 0 N–H and O–H groups in total. The second kappa shape index (κ2) is 4.46. The Hall–Kier alpha value is -2.23. The van der Waals surface area contributed by atoms with Gasteiger partial charge >= 0.3 is 0 Å². The van der Waals surface area contributed by atoms with E-state index in [1.54, 1.807) is 24.3 Å². The van der Waals surface area contributed by atoms with Crippen LogP contribution in [-0.2, 0) is 0 Å². The molecule has 0 heterocycles. The number of non-ortho nitro benzene ring substituents is 1. The number of benzene rings is 2. The third-order valence-corrected chi connectivity index (χ3v) is 3.60. The van der Waals surface area contributed by atoms with Crippen molar-refractivity contribution in [3.05, 3.63) is 75.6 Å². The van der Waals surface area contributed by atoms with Crippen molar-refractivity contribution in [3.8, 4) is 0 Å². The standard InChI is InChI=1S/C15H12FNO2/c16-12-3-1-2-11(8-12)15-9-14(15)10-4-6-13(7-5-10)17(18)19/h1-8,14-15H,9H2/t14-,15-/m1/s1. The summed E-state index contributed by atoms with van der Waals surface area (Å²) in [7, 11) is 0. The first kappa shape index (κ1) is 11.8. The first-order valence-corrected chi connectivity index (χ1v) is 6.15. The molecular weight excluding hydrogens is 245 g/mol. The Morgan fingerprint density at radius 3 is 2.37 bits per heavy atom. The molecule has 0 amide bonds. The fourth-order valence-corrected chi connectivity index (χ4v) is 2.51. The highest BCUT2D eigenvalue weighted by molar-refractivity contribution is 5.40. The van der Waals surface area contributed by atoms with Gasteiger partial charge in [-0.3, -0.25) is 10.1 Å². The van der Waals surface area contributed by atoms with Crippen molar-refractivity contribution in [3.63, 3.8) is 0 Å². The summed E-state index contributed by atoms with van der Waals surface area (Å²) in [6.45, 7) is 0. The summed E-state index contributed by atoms with van der Waals surface area (Å²) in [6.07, 6.45) is 0.973. The van der Waals surface area contributed by atoms with Gasteiger partial charge in [0.25, 0.3) is 5.69 Å². The summed E-state index contributed by atoms with van der Waals surface area (Å²) in [5.41, 5.74) is 2.19. The Morgan fingerprint density at radius 1 is 1.05 bits per heavy atom. The lowest BCUT2D eigenvalue weighted by Gasteiger charge is -2.01. The van der Waals surface area contributed by atoms with E-state index in [1.165, 1.54) is 18.2 Å². The van der Waals surface area contributed by atoms with E-state index in [-0.39, 0.29) is 11.5 Å². The molecule has 19 heavy (non-hydrogen) atoms. The van der Waals surface area contributed by atoms with Gasteiger partial charge in [0.05, 0.1) is 4.92 Å². The summed E-state index contributed by atoms with van der Waals surface area (Å²) >= 11 is 0. The molecule has 0 saturated heterocycles. The van der Waals surface area contributed by atoms with Crippen LogP contribution < -0.4 is 0 Å². The smallest absolute Gasteiger partial charge is 0.258 e. The van der Waals surface area contributed by atoms with Gasteiger partial charge in [0.2, 0.25) is 0 Å². The molecule has 3 nitrogen and oxygen atoms in total. The highest BCUT2D eigenvalue weighted by Crippen LogP contribution is 2.54. The first-order chi connectivity index (χ1) is 9.15. The van der Waals surface area contributed by atoms with Gasteiger partial charge in [-0.05, 0) is 41.5 Å². The Labute approximate surface area is 109 Å². The van der Waals surface area contributed by atoms with Crippen LogP contribution in [0.2, 0.25) is 0 Å². The highest BCUT2D eigenvalue weighted by Gasteiger charge is 2.39. The summed E-state index contributed by atoms with van der Waals surface area (Å²) in [5.74, 6) is 0.464. The minimum atomic E-state index is -0.402. The molecule has 0 radical (unpaired) electrons. The molecule has 2 atom stereocenters. The Bertz CT molecular complexity index is 624. The number of nitro benzene ring substituents is 1. The largest absolute Gasteiger partial charge is 0.269 e. The number of rotatable bonds is 3. The second-order valence-corrected chi connectivity index (χ2v) is 4.85. The van der Waals surface area contributed by atoms with E-state index in [2.05, 4.69) is 0 Å². The van der Waals surface area contributed by atoms with Crippen LogP contribution in [0.25, 0.3) is 0 Å². The molecule has 0 aromatic heterocycles. The van der Waals surface area contributed by atoms with E-state index < -0.39 is 4.92 Å². The van der Waals surface area contributed by atoms with Gasteiger partial charge in [0.1, 0.15) is 5.82 Å². The van der Waals surface area contributed by atoms with Crippen molar-refractivity contribution in [2.24, 2.45) is 0 Å². The van der Waals surface area contributed by atoms with E-state index in [4.69, 9.17) is 0 Å². The van der Waals surface area contributed by atoms with Crippen LogP contribution in [0, 0.1) is 15.9 Å². The maximum absolute atomic E-state index is 13.2. The van der Waals surface area contributed by atoms with Gasteiger partial charge in [0, 0.05) is 12.1 Å². The van der Waals surface area contributed by atoms with E-state index >= 15 is 0 Å². The van der Waals surface area contributed by atoms with E-state index in [0.29, 0.717) is 11.8 Å². The summed E-state index contributed by atoms with van der Waals surface area (Å²) in [5, 5.41) is 10.6. The van der Waals surface area contributed by atoms with Gasteiger partial charge in [-0.2, -0.15) is 0 Å². The zero-order valence-electron chi connectivity index (χ0n) is 10.1. The average molecular weight is 257 g/mol. The predicted molar refractivity (Wildman–Crippen MR) is 69.6 cm³/mol. The molecule has 0 spiro atoms. The summed E-state index contributed by atoms with van der Waals surface area (Å²) < 4.78 is 13.2. The molecule has 2 aromatic carbocycles. The zero-order valence-corrected chi connectivity index (χ0v) is 10.1. The van der Waals surface area contributed by atoms with Crippen LogP contribution in [0.1, 0.15) is 29.4 Å². The SMILES string of the molecule is O=[N+]([O-])c1ccc([C@H]2C[C@@H]2c2cccc(F)c2)cc1. The second-order valence-electron chi connectivity index (χ2n) is 4.85. The summed E-state index contributed by atoms with van der Waals surface area (Å²) in [4.78, 5) is 10.2. The minimum Gasteiger partial charge on any atom is -0.258 e. The van der Waals surface area contributed by atoms with Crippen molar-refractivity contribution in [2.45, 2.75) is 18.3 Å². The van der Waals surface area contributed by atoms with E-state index in [1.807, 2.05) is 6.07 Å². The molecular formula is C15H12FNO2. The van der Waals surface area contributed by atoms with Crippen LogP contribution in [0.4, 0.5) is 10.1 Å². The predicted octanol–water partition coefficient (Wildman–Crippen LogP) is 4.01. The molecule has 96 valence electrons. The fourth-order valence-electron chi connectivity index (χ4n) is 2.51. The maximum atomic E-state index is 13.2. The topological polar surface area (TPSA) is 43.1 Å². The Morgan fingerprint density at radius 2 is 1.74 bits per heavy atom. The minimum absolute atomic E-state index is 0.103. The normalized spacial score (nSPS) is 21.1. The molecule has 1 aliphatic carbocycles. The number of nitrogens with zero attached hydrogens (tertiary/aromatic N) is 1. The lowest BCUT2D eigenvalue weighted by atomic mass is 10.0. The van der Waals surface area contributed by atoms with Crippen molar-refractivity contribution in [1.82, 2.24) is 0 Å². The number of hydrogen-bond acceptors (Lipinski definition) is 2. The lowest BCUT2D eigenvalue weighted by Crippen LogP contribution is -1.89. The van der Waals surface area contributed by atoms with Crippen LogP contribution in [0.5, 0.6) is 0 Å². The third kappa shape index (κ3) is 2.34. The zero-order chi connectivity index (χ0) is 13.4. The third-order valence-electron chi connectivity index (χ3n) is 3.60. The van der Waals surface area contributed by atoms with Crippen LogP contribution in [0.3, 0.4) is 0 Å². The van der Waals surface area contributed by atoms with Crippen LogP contribution in [-0.4, -0.2) is 4.92 Å². The molecule has 0 bridgehead atoms. The number of nitro groups is 1. The molecule has 3 rings (SSSR count). The highest BCUT2D eigenvalue weighted by atomic mass is 19.1. The van der Waals surface area contributed by atoms with Crippen molar-refractivity contribution >= 4 is 5.69 Å². The monoisotopic (exact) mass is 257 g/mol. The first-order valence-electron chi connectivity index (χ1n) is 6.15. The summed E-state index contributed by atoms with van der Waals surface area (Å²) in [6, 6.07) is 13.3. The lowest BCUT2D eigenvalue weighted by molar-refractivity contribution is -0.384. The molecule has 1 fully saturated rings. The van der Waals surface area contributed by atoms with Crippen molar-refractivity contribution in [2.75, 3.05) is 0 Å². The van der Waals surface area contributed by atoms with Crippen LogP contribution in [0.15, 0.2) is 48.5 Å². The molecule has 0 aliphatic heterocycles. The van der Waals surface area contributed by atoms with Crippen molar-refractivity contribution in [1.29, 1.82) is 0 Å². The number of halogens is 1. The van der Waals surface area contributed by atoms with Gasteiger partial charge in [-0.25, -0.2) is 4.39 Å². The van der Waals surface area contributed by atoms with Crippen LogP contribution >= 0.6 is 0 Å². The molecule has 2 aromatic rings. The van der Waals surface area contributed by atoms with Gasteiger partial charge in [-0.1, -0.05) is 24.3 Å². The Kier molecular flexibility index (Phi) is 2.78. The Balaban J connectivity index is 1.77. The maximum Gasteiger partial charge on any atom is 0.269 e. The van der Waals surface area contributed by atoms with E-state index in [0.717, 1.165) is 17.5 Å². The molecule has 1 saturated carbocycles. The van der Waals surface area contributed by atoms with Gasteiger partial charge in [0.15, 0.2) is 0 Å². The fraction of sp³-hybridized carbons (Fsp3) is 0.200. The van der Waals surface area contributed by atoms with Gasteiger partial charge in [-0.15, -0.1) is 0 Å². The average Bonchev–Trinajstić information content (AvgIpc) is 3.19. The number of hydrogen-bond donors (Lipinski definition) is 0. The molecule has 0 unspecified atom stereocenters. The molecule has 1 aliphatic rings. The quantitative estimate of drug-likeness (QED) is 0.616. The van der Waals surface area contributed by atoms with Crippen molar-refractivity contribution < 1.29 is 9.31 Å². The van der Waals surface area contributed by atoms with E-state index in [9.17, 15) is 14.5 Å². The van der Waals surface area contributed by atoms with Gasteiger partial charge < -0.3 is 0 Å².